The lowest BCUT2D eigenvalue weighted by Crippen LogP contribution is -2.53. The van der Waals surface area contributed by atoms with Crippen LogP contribution in [0.25, 0.3) is 0 Å². The number of carbonyl (C=O) groups is 2. The Morgan fingerprint density at radius 3 is 2.24 bits per heavy atom. The van der Waals surface area contributed by atoms with E-state index in [0.717, 1.165) is 40.1 Å². The molecule has 2 amide bonds. The molecule has 0 spiro atoms. The zero-order valence-electron chi connectivity index (χ0n) is 24.4. The van der Waals surface area contributed by atoms with Gasteiger partial charge in [-0.3, -0.25) is 13.9 Å². The summed E-state index contributed by atoms with van der Waals surface area (Å²) in [5, 5.41) is 3.00. The van der Waals surface area contributed by atoms with Crippen LogP contribution in [0.5, 0.6) is 5.75 Å². The molecule has 0 aliphatic carbocycles. The van der Waals surface area contributed by atoms with Crippen molar-refractivity contribution in [2.45, 2.75) is 52.6 Å². The Kier molecular flexibility index (Phi) is 11.8. The van der Waals surface area contributed by atoms with E-state index in [2.05, 4.69) is 5.32 Å². The number of benzene rings is 3. The number of amides is 2. The van der Waals surface area contributed by atoms with Gasteiger partial charge in [0.05, 0.1) is 18.6 Å². The molecule has 0 radical (unpaired) electrons. The number of unbranched alkanes of at least 4 members (excludes halogenated alkanes) is 1. The summed E-state index contributed by atoms with van der Waals surface area (Å²) in [4.78, 5) is 29.4. The van der Waals surface area contributed by atoms with E-state index in [4.69, 9.17) is 4.74 Å². The van der Waals surface area contributed by atoms with Crippen molar-refractivity contribution < 1.29 is 22.7 Å². The summed E-state index contributed by atoms with van der Waals surface area (Å²) in [5.41, 5.74) is 3.01. The summed E-state index contributed by atoms with van der Waals surface area (Å²) >= 11 is 0. The fourth-order valence-electron chi connectivity index (χ4n) is 4.57. The fraction of sp³-hybridized carbons (Fsp3) is 0.375. The van der Waals surface area contributed by atoms with Gasteiger partial charge in [0, 0.05) is 19.5 Å². The molecule has 0 heterocycles. The second-order valence-electron chi connectivity index (χ2n) is 9.97. The second-order valence-corrected chi connectivity index (χ2v) is 11.9. The summed E-state index contributed by atoms with van der Waals surface area (Å²) in [5.74, 6) is -0.404. The number of nitrogens with zero attached hydrogens (tertiary/aromatic N) is 2. The molecule has 0 fully saturated rings. The van der Waals surface area contributed by atoms with Gasteiger partial charge in [-0.25, -0.2) is 8.42 Å². The molecule has 41 heavy (non-hydrogen) atoms. The molecule has 3 aromatic rings. The van der Waals surface area contributed by atoms with Gasteiger partial charge in [-0.2, -0.15) is 0 Å². The van der Waals surface area contributed by atoms with Crippen LogP contribution >= 0.6 is 0 Å². The third-order valence-electron chi connectivity index (χ3n) is 6.82. The number of sulfonamides is 1. The Morgan fingerprint density at radius 1 is 0.927 bits per heavy atom. The van der Waals surface area contributed by atoms with Crippen molar-refractivity contribution in [3.05, 3.63) is 95.6 Å². The highest BCUT2D eigenvalue weighted by Gasteiger charge is 2.33. The van der Waals surface area contributed by atoms with Crippen LogP contribution in [0.2, 0.25) is 0 Å². The standard InChI is InChI=1S/C32H41N3O5S/c1-5-7-21-33-32(37)29(22-26-16-9-8-10-17-26)34(23-27-18-12-11-15-25(27)3)31(36)24-35(41(4,38)39)28-19-13-14-20-30(28)40-6-2/h8-20,29H,5-7,21-24H2,1-4H3,(H,33,37)/t29-/m1/s1. The fourth-order valence-corrected chi connectivity index (χ4v) is 5.42. The van der Waals surface area contributed by atoms with Crippen molar-refractivity contribution in [1.29, 1.82) is 0 Å². The van der Waals surface area contributed by atoms with Crippen molar-refractivity contribution in [3.8, 4) is 5.75 Å². The van der Waals surface area contributed by atoms with Crippen LogP contribution in [-0.2, 0) is 32.6 Å². The number of rotatable bonds is 15. The minimum atomic E-state index is -3.89. The Bertz CT molecular complexity index is 1400. The Balaban J connectivity index is 2.07. The molecule has 0 aromatic heterocycles. The number of para-hydroxylation sites is 2. The highest BCUT2D eigenvalue weighted by atomic mass is 32.2. The predicted molar refractivity (Wildman–Crippen MR) is 163 cm³/mol. The molecule has 1 N–H and O–H groups in total. The van der Waals surface area contributed by atoms with E-state index in [1.165, 1.54) is 4.90 Å². The average molecular weight is 580 g/mol. The van der Waals surface area contributed by atoms with Crippen molar-refractivity contribution in [2.75, 3.05) is 30.3 Å². The summed E-state index contributed by atoms with van der Waals surface area (Å²) in [6, 6.07) is 23.1. The number of anilines is 1. The molecule has 0 saturated carbocycles. The third kappa shape index (κ3) is 9.08. The molecule has 0 bridgehead atoms. The monoisotopic (exact) mass is 579 g/mol. The molecule has 220 valence electrons. The van der Waals surface area contributed by atoms with E-state index < -0.39 is 28.5 Å². The van der Waals surface area contributed by atoms with Gasteiger partial charge in [0.25, 0.3) is 0 Å². The minimum absolute atomic E-state index is 0.148. The van der Waals surface area contributed by atoms with Crippen LogP contribution in [0.4, 0.5) is 5.69 Å². The summed E-state index contributed by atoms with van der Waals surface area (Å²) < 4.78 is 32.8. The van der Waals surface area contributed by atoms with Gasteiger partial charge in [0.2, 0.25) is 21.8 Å². The van der Waals surface area contributed by atoms with E-state index in [-0.39, 0.29) is 24.6 Å². The molecule has 0 unspecified atom stereocenters. The first-order chi connectivity index (χ1) is 19.7. The van der Waals surface area contributed by atoms with Gasteiger partial charge in [-0.1, -0.05) is 80.1 Å². The molecule has 8 nitrogen and oxygen atoms in total. The molecule has 3 rings (SSSR count). The maximum absolute atomic E-state index is 14.2. The number of carbonyl (C=O) groups excluding carboxylic acids is 2. The summed E-state index contributed by atoms with van der Waals surface area (Å²) in [7, 11) is -3.89. The van der Waals surface area contributed by atoms with E-state index >= 15 is 0 Å². The number of aryl methyl sites for hydroxylation is 1. The zero-order chi connectivity index (χ0) is 29.8. The maximum Gasteiger partial charge on any atom is 0.244 e. The molecule has 0 aliphatic rings. The molecule has 9 heteroatoms. The number of hydrogen-bond acceptors (Lipinski definition) is 5. The van der Waals surface area contributed by atoms with Crippen molar-refractivity contribution in [1.82, 2.24) is 10.2 Å². The van der Waals surface area contributed by atoms with Crippen molar-refractivity contribution in [2.24, 2.45) is 0 Å². The van der Waals surface area contributed by atoms with E-state index in [1.54, 1.807) is 24.3 Å². The van der Waals surface area contributed by atoms with Crippen LogP contribution in [0, 0.1) is 6.92 Å². The number of hydrogen-bond donors (Lipinski definition) is 1. The molecule has 1 atom stereocenters. The normalized spacial score (nSPS) is 11.9. The van der Waals surface area contributed by atoms with Crippen molar-refractivity contribution in [3.63, 3.8) is 0 Å². The lowest BCUT2D eigenvalue weighted by atomic mass is 10.0. The molecular weight excluding hydrogens is 538 g/mol. The molecule has 0 aliphatic heterocycles. The van der Waals surface area contributed by atoms with Crippen LogP contribution < -0.4 is 14.4 Å². The first-order valence-electron chi connectivity index (χ1n) is 14.0. The summed E-state index contributed by atoms with van der Waals surface area (Å²) in [6.07, 6.45) is 3.07. The van der Waals surface area contributed by atoms with Crippen LogP contribution in [0.3, 0.4) is 0 Å². The molecule has 0 saturated heterocycles. The van der Waals surface area contributed by atoms with Gasteiger partial charge in [-0.05, 0) is 49.1 Å². The van der Waals surface area contributed by atoms with Crippen molar-refractivity contribution >= 4 is 27.5 Å². The molecule has 3 aromatic carbocycles. The van der Waals surface area contributed by atoms with E-state index in [0.29, 0.717) is 18.9 Å². The van der Waals surface area contributed by atoms with Crippen LogP contribution in [0.15, 0.2) is 78.9 Å². The highest BCUT2D eigenvalue weighted by Crippen LogP contribution is 2.30. The second kappa shape index (κ2) is 15.2. The maximum atomic E-state index is 14.2. The Labute approximate surface area is 244 Å². The number of nitrogens with one attached hydrogen (secondary N) is 1. The first kappa shape index (κ1) is 31.7. The first-order valence-corrected chi connectivity index (χ1v) is 15.9. The largest absolute Gasteiger partial charge is 0.492 e. The molecular formula is C32H41N3O5S. The van der Waals surface area contributed by atoms with Gasteiger partial charge in [0.15, 0.2) is 0 Å². The summed E-state index contributed by atoms with van der Waals surface area (Å²) in [6.45, 7) is 6.29. The van der Waals surface area contributed by atoms with Gasteiger partial charge in [0.1, 0.15) is 18.3 Å². The Hall–Kier alpha value is -3.85. The SMILES string of the molecule is CCCCNC(=O)[C@@H](Cc1ccccc1)N(Cc1ccccc1C)C(=O)CN(c1ccccc1OCC)S(C)(=O)=O. The van der Waals surface area contributed by atoms with Gasteiger partial charge in [-0.15, -0.1) is 0 Å². The quantitative estimate of drug-likeness (QED) is 0.263. The lowest BCUT2D eigenvalue weighted by Gasteiger charge is -2.34. The van der Waals surface area contributed by atoms with Gasteiger partial charge >= 0.3 is 0 Å². The highest BCUT2D eigenvalue weighted by molar-refractivity contribution is 7.92. The van der Waals surface area contributed by atoms with E-state index in [1.807, 2.05) is 75.4 Å². The van der Waals surface area contributed by atoms with Crippen LogP contribution in [0.1, 0.15) is 43.4 Å². The predicted octanol–water partition coefficient (Wildman–Crippen LogP) is 4.72. The van der Waals surface area contributed by atoms with E-state index in [9.17, 15) is 18.0 Å². The average Bonchev–Trinajstić information content (AvgIpc) is 2.95. The third-order valence-corrected chi connectivity index (χ3v) is 7.94. The Morgan fingerprint density at radius 2 is 1.59 bits per heavy atom. The lowest BCUT2D eigenvalue weighted by molar-refractivity contribution is -0.140. The minimum Gasteiger partial charge on any atom is -0.492 e. The topological polar surface area (TPSA) is 96.0 Å². The zero-order valence-corrected chi connectivity index (χ0v) is 25.2. The van der Waals surface area contributed by atoms with Crippen LogP contribution in [-0.4, -0.2) is 57.1 Å². The van der Waals surface area contributed by atoms with Gasteiger partial charge < -0.3 is 15.0 Å². The number of ether oxygens (including phenoxy) is 1. The smallest absolute Gasteiger partial charge is 0.244 e.